The van der Waals surface area contributed by atoms with Crippen LogP contribution in [0.5, 0.6) is 0 Å². The fraction of sp³-hybridized carbons (Fsp3) is 0. The van der Waals surface area contributed by atoms with Crippen molar-refractivity contribution in [2.75, 3.05) is 0 Å². The van der Waals surface area contributed by atoms with Gasteiger partial charge in [-0.2, -0.15) is 5.10 Å². The van der Waals surface area contributed by atoms with Crippen molar-refractivity contribution >= 4 is 17.2 Å². The quantitative estimate of drug-likeness (QED) is 0.553. The van der Waals surface area contributed by atoms with E-state index in [1.165, 1.54) is 12.1 Å². The van der Waals surface area contributed by atoms with E-state index in [1.807, 2.05) is 18.2 Å². The number of rotatable bonds is 2. The monoisotopic (exact) mass is 324 g/mol. The van der Waals surface area contributed by atoms with Crippen LogP contribution in [0.15, 0.2) is 61.2 Å². The zero-order valence-corrected chi connectivity index (χ0v) is 12.6. The van der Waals surface area contributed by atoms with Gasteiger partial charge in [-0.15, -0.1) is 0 Å². The van der Waals surface area contributed by atoms with Crippen LogP contribution >= 0.6 is 11.6 Å². The van der Waals surface area contributed by atoms with Gasteiger partial charge in [-0.1, -0.05) is 17.7 Å². The van der Waals surface area contributed by atoms with E-state index in [2.05, 4.69) is 15.1 Å². The first-order chi connectivity index (χ1) is 11.2. The number of fused-ring (bicyclic) bond motifs is 1. The number of halogens is 2. The van der Waals surface area contributed by atoms with E-state index in [4.69, 9.17) is 11.6 Å². The molecule has 0 unspecified atom stereocenters. The molecular formula is C17H10ClFN4. The van der Waals surface area contributed by atoms with Crippen LogP contribution in [-0.4, -0.2) is 19.6 Å². The Morgan fingerprint density at radius 1 is 1.00 bits per heavy atom. The molecule has 4 nitrogen and oxygen atoms in total. The Kier molecular flexibility index (Phi) is 3.28. The molecule has 0 saturated carbocycles. The van der Waals surface area contributed by atoms with Gasteiger partial charge < -0.3 is 0 Å². The molecule has 0 aliphatic rings. The summed E-state index contributed by atoms with van der Waals surface area (Å²) < 4.78 is 15.0. The molecule has 0 radical (unpaired) electrons. The molecule has 6 heteroatoms. The van der Waals surface area contributed by atoms with Gasteiger partial charge >= 0.3 is 0 Å². The zero-order valence-electron chi connectivity index (χ0n) is 11.8. The van der Waals surface area contributed by atoms with Crippen molar-refractivity contribution in [3.8, 4) is 22.4 Å². The van der Waals surface area contributed by atoms with Crippen molar-refractivity contribution in [3.05, 3.63) is 72.0 Å². The summed E-state index contributed by atoms with van der Waals surface area (Å²) in [5, 5.41) is 4.67. The summed E-state index contributed by atoms with van der Waals surface area (Å²) in [5.74, 6) is -0.378. The first kappa shape index (κ1) is 13.8. The lowest BCUT2D eigenvalue weighted by atomic mass is 10.1. The molecule has 0 spiro atoms. The van der Waals surface area contributed by atoms with E-state index in [0.717, 1.165) is 11.1 Å². The highest BCUT2D eigenvalue weighted by molar-refractivity contribution is 6.33. The molecule has 0 N–H and O–H groups in total. The Hall–Kier alpha value is -2.79. The number of aromatic nitrogens is 4. The molecule has 0 aliphatic carbocycles. The molecule has 1 aromatic carbocycles. The molecule has 3 heterocycles. The van der Waals surface area contributed by atoms with Gasteiger partial charge in [-0.25, -0.2) is 13.9 Å². The summed E-state index contributed by atoms with van der Waals surface area (Å²) in [7, 11) is 0. The lowest BCUT2D eigenvalue weighted by Gasteiger charge is -2.06. The maximum absolute atomic E-state index is 13.3. The lowest BCUT2D eigenvalue weighted by molar-refractivity contribution is 0.628. The third-order valence-corrected chi connectivity index (χ3v) is 3.89. The molecular weight excluding hydrogens is 315 g/mol. The molecule has 3 aromatic heterocycles. The molecule has 0 saturated heterocycles. The van der Waals surface area contributed by atoms with Gasteiger partial charge in [-0.05, 0) is 30.3 Å². The Morgan fingerprint density at radius 3 is 2.70 bits per heavy atom. The highest BCUT2D eigenvalue weighted by atomic mass is 35.5. The molecule has 23 heavy (non-hydrogen) atoms. The minimum absolute atomic E-state index is 0.320. The largest absolute Gasteiger partial charge is 0.264 e. The number of imidazole rings is 1. The van der Waals surface area contributed by atoms with E-state index < -0.39 is 0 Å². The van der Waals surface area contributed by atoms with Crippen LogP contribution in [0.2, 0.25) is 5.02 Å². The third kappa shape index (κ3) is 2.35. The van der Waals surface area contributed by atoms with Crippen molar-refractivity contribution in [3.63, 3.8) is 0 Å². The van der Waals surface area contributed by atoms with Crippen LogP contribution in [0.25, 0.3) is 28.0 Å². The second-order valence-electron chi connectivity index (χ2n) is 4.99. The molecule has 0 fully saturated rings. The SMILES string of the molecule is Fc1ccc(-c2cnc3c(-c4cccnc4)ccnn23)c(Cl)c1. The predicted octanol–water partition coefficient (Wildman–Crippen LogP) is 4.25. The molecule has 0 atom stereocenters. The Morgan fingerprint density at radius 2 is 1.91 bits per heavy atom. The summed E-state index contributed by atoms with van der Waals surface area (Å²) in [4.78, 5) is 8.59. The van der Waals surface area contributed by atoms with Crippen molar-refractivity contribution in [2.24, 2.45) is 0 Å². The first-order valence-corrected chi connectivity index (χ1v) is 7.30. The summed E-state index contributed by atoms with van der Waals surface area (Å²) in [5.41, 5.74) is 3.93. The fourth-order valence-electron chi connectivity index (χ4n) is 2.52. The van der Waals surface area contributed by atoms with Gasteiger partial charge in [0, 0.05) is 35.3 Å². The first-order valence-electron chi connectivity index (χ1n) is 6.92. The maximum atomic E-state index is 13.3. The Labute approximate surface area is 136 Å². The normalized spacial score (nSPS) is 11.0. The smallest absolute Gasteiger partial charge is 0.162 e. The van der Waals surface area contributed by atoms with Gasteiger partial charge in [0.2, 0.25) is 0 Å². The van der Waals surface area contributed by atoms with Crippen molar-refractivity contribution in [1.82, 2.24) is 19.6 Å². The second-order valence-corrected chi connectivity index (χ2v) is 5.40. The molecule has 4 aromatic rings. The molecule has 0 bridgehead atoms. The van der Waals surface area contributed by atoms with E-state index >= 15 is 0 Å². The van der Waals surface area contributed by atoms with Crippen LogP contribution < -0.4 is 0 Å². The molecule has 0 amide bonds. The van der Waals surface area contributed by atoms with Crippen molar-refractivity contribution in [2.45, 2.75) is 0 Å². The van der Waals surface area contributed by atoms with E-state index in [1.54, 1.807) is 35.4 Å². The highest BCUT2D eigenvalue weighted by Crippen LogP contribution is 2.31. The zero-order chi connectivity index (χ0) is 15.8. The van der Waals surface area contributed by atoms with Gasteiger partial charge in [-0.3, -0.25) is 4.98 Å². The average molecular weight is 325 g/mol. The molecule has 4 rings (SSSR count). The Balaban J connectivity index is 1.95. The van der Waals surface area contributed by atoms with E-state index in [-0.39, 0.29) is 5.82 Å². The average Bonchev–Trinajstić information content (AvgIpc) is 2.99. The summed E-state index contributed by atoms with van der Waals surface area (Å²) >= 11 is 6.16. The van der Waals surface area contributed by atoms with E-state index in [0.29, 0.717) is 21.9 Å². The number of hydrogen-bond acceptors (Lipinski definition) is 3. The standard InChI is InChI=1S/C17H10ClFN4/c18-15-8-12(19)3-4-14(15)16-10-21-17-13(5-7-22-23(16)17)11-2-1-6-20-9-11/h1-10H. The number of hydrogen-bond donors (Lipinski definition) is 0. The topological polar surface area (TPSA) is 43.1 Å². The van der Waals surface area contributed by atoms with Crippen molar-refractivity contribution < 1.29 is 4.39 Å². The molecule has 0 aliphatic heterocycles. The van der Waals surface area contributed by atoms with Gasteiger partial charge in [0.15, 0.2) is 5.65 Å². The van der Waals surface area contributed by atoms with Crippen LogP contribution in [0.4, 0.5) is 4.39 Å². The summed E-state index contributed by atoms with van der Waals surface area (Å²) in [6.45, 7) is 0. The summed E-state index contributed by atoms with van der Waals surface area (Å²) in [6.07, 6.45) is 6.87. The maximum Gasteiger partial charge on any atom is 0.162 e. The minimum Gasteiger partial charge on any atom is -0.264 e. The van der Waals surface area contributed by atoms with Gasteiger partial charge in [0.1, 0.15) is 5.82 Å². The van der Waals surface area contributed by atoms with Crippen LogP contribution in [0.3, 0.4) is 0 Å². The lowest BCUT2D eigenvalue weighted by Crippen LogP contribution is -1.96. The van der Waals surface area contributed by atoms with Gasteiger partial charge in [0.25, 0.3) is 0 Å². The predicted molar refractivity (Wildman–Crippen MR) is 86.6 cm³/mol. The second kappa shape index (κ2) is 5.44. The fourth-order valence-corrected chi connectivity index (χ4v) is 2.79. The van der Waals surface area contributed by atoms with Crippen LogP contribution in [-0.2, 0) is 0 Å². The van der Waals surface area contributed by atoms with Crippen molar-refractivity contribution in [1.29, 1.82) is 0 Å². The number of pyridine rings is 1. The number of nitrogens with zero attached hydrogens (tertiary/aromatic N) is 4. The van der Waals surface area contributed by atoms with Crippen LogP contribution in [0.1, 0.15) is 0 Å². The number of benzene rings is 1. The van der Waals surface area contributed by atoms with Gasteiger partial charge in [0.05, 0.1) is 16.9 Å². The minimum atomic E-state index is -0.378. The van der Waals surface area contributed by atoms with Crippen LogP contribution in [0, 0.1) is 5.82 Å². The highest BCUT2D eigenvalue weighted by Gasteiger charge is 2.14. The van der Waals surface area contributed by atoms with E-state index in [9.17, 15) is 4.39 Å². The molecule has 112 valence electrons. The third-order valence-electron chi connectivity index (χ3n) is 3.58. The summed E-state index contributed by atoms with van der Waals surface area (Å²) in [6, 6.07) is 9.98. The Bertz CT molecular complexity index is 998.